The first kappa shape index (κ1) is 17.6. The molecule has 10 heteroatoms. The van der Waals surface area contributed by atoms with Crippen molar-refractivity contribution in [1.82, 2.24) is 4.98 Å². The van der Waals surface area contributed by atoms with E-state index in [1.165, 1.54) is 31.2 Å². The molecule has 1 amide bonds. The highest BCUT2D eigenvalue weighted by Crippen LogP contribution is 2.34. The van der Waals surface area contributed by atoms with Gasteiger partial charge in [-0.05, 0) is 27.6 Å². The second kappa shape index (κ2) is 6.79. The number of hydrogen-bond donors (Lipinski definition) is 1. The van der Waals surface area contributed by atoms with Crippen LogP contribution in [0.15, 0.2) is 24.3 Å². The number of benzene rings is 1. The van der Waals surface area contributed by atoms with Crippen LogP contribution in [-0.2, 0) is 11.0 Å². The van der Waals surface area contributed by atoms with Gasteiger partial charge in [-0.2, -0.15) is 13.2 Å². The average Bonchev–Trinajstić information content (AvgIpc) is 2.86. The van der Waals surface area contributed by atoms with Gasteiger partial charge in [0.2, 0.25) is 5.91 Å². The van der Waals surface area contributed by atoms with Crippen LogP contribution in [0.3, 0.4) is 0 Å². The molecule has 2 aromatic rings. The van der Waals surface area contributed by atoms with Crippen LogP contribution in [0.5, 0.6) is 0 Å². The Morgan fingerprint density at radius 3 is 2.58 bits per heavy atom. The molecule has 1 aromatic carbocycles. The fourth-order valence-corrected chi connectivity index (χ4v) is 2.72. The maximum atomic E-state index is 12.9. The minimum absolute atomic E-state index is 0.00189. The fraction of sp³-hybridized carbons (Fsp3) is 0.143. The molecule has 0 bridgehead atoms. The lowest BCUT2D eigenvalue weighted by molar-refractivity contribution is -0.389. The minimum atomic E-state index is -4.54. The molecule has 0 fully saturated rings. The Morgan fingerprint density at radius 1 is 1.33 bits per heavy atom. The van der Waals surface area contributed by atoms with Crippen molar-refractivity contribution < 1.29 is 22.9 Å². The predicted molar refractivity (Wildman–Crippen MR) is 83.4 cm³/mol. The number of aromatic nitrogens is 1. The predicted octanol–water partition coefficient (Wildman–Crippen LogP) is 4.20. The van der Waals surface area contributed by atoms with Crippen LogP contribution in [0.1, 0.15) is 22.9 Å². The number of nitro groups is 1. The van der Waals surface area contributed by atoms with Crippen LogP contribution >= 0.6 is 11.3 Å². The number of alkyl halides is 3. The monoisotopic (exact) mass is 357 g/mol. The minimum Gasteiger partial charge on any atom is -0.358 e. The second-order valence-corrected chi connectivity index (χ2v) is 5.59. The van der Waals surface area contributed by atoms with E-state index < -0.39 is 28.4 Å². The van der Waals surface area contributed by atoms with Crippen LogP contribution in [0.25, 0.3) is 12.2 Å². The van der Waals surface area contributed by atoms with Gasteiger partial charge in [-0.25, -0.2) is 0 Å². The Balaban J connectivity index is 2.41. The fourth-order valence-electron chi connectivity index (χ4n) is 1.83. The number of amides is 1. The number of nitrogens with one attached hydrogen (secondary N) is 1. The van der Waals surface area contributed by atoms with Crippen molar-refractivity contribution in [2.24, 2.45) is 0 Å². The third-order valence-electron chi connectivity index (χ3n) is 2.77. The van der Waals surface area contributed by atoms with Gasteiger partial charge < -0.3 is 10.1 Å². The summed E-state index contributed by atoms with van der Waals surface area (Å²) in [6.45, 7) is 1.21. The Labute approximate surface area is 137 Å². The number of nitrogens with zero attached hydrogens (tertiary/aromatic N) is 2. The van der Waals surface area contributed by atoms with Crippen molar-refractivity contribution >= 4 is 40.3 Å². The maximum Gasteiger partial charge on any atom is 0.416 e. The van der Waals surface area contributed by atoms with E-state index in [1.54, 1.807) is 0 Å². The lowest BCUT2D eigenvalue weighted by atomic mass is 10.1. The van der Waals surface area contributed by atoms with Gasteiger partial charge in [0, 0.05) is 6.92 Å². The van der Waals surface area contributed by atoms with E-state index in [1.807, 2.05) is 0 Å². The van der Waals surface area contributed by atoms with Crippen LogP contribution in [0, 0.1) is 10.1 Å². The molecule has 0 spiro atoms. The standard InChI is InChI=1S/C14H10F3N3O3S/c1-8(21)18-13-19-12(20(22)23)11(24-13)7-6-9-4-2-3-5-10(9)14(15,16)17/h2-7H,1H3,(H,18,19,21)/b7-6+. The molecule has 0 radical (unpaired) electrons. The molecule has 0 unspecified atom stereocenters. The SMILES string of the molecule is CC(=O)Nc1nc([N+](=O)[O-])c(/C=C/c2ccccc2C(F)(F)F)s1. The number of rotatable bonds is 4. The molecule has 126 valence electrons. The summed E-state index contributed by atoms with van der Waals surface area (Å²) in [5.74, 6) is -0.999. The highest BCUT2D eigenvalue weighted by Gasteiger charge is 2.32. The molecular formula is C14H10F3N3O3S. The first-order chi connectivity index (χ1) is 11.2. The molecule has 0 aliphatic rings. The van der Waals surface area contributed by atoms with E-state index in [4.69, 9.17) is 0 Å². The van der Waals surface area contributed by atoms with Gasteiger partial charge in [-0.1, -0.05) is 35.6 Å². The van der Waals surface area contributed by atoms with Gasteiger partial charge in [-0.3, -0.25) is 10.1 Å². The number of thiazole rings is 1. The van der Waals surface area contributed by atoms with E-state index in [-0.39, 0.29) is 15.6 Å². The molecule has 2 rings (SSSR count). The lowest BCUT2D eigenvalue weighted by Gasteiger charge is -2.09. The van der Waals surface area contributed by atoms with Gasteiger partial charge in [-0.15, -0.1) is 0 Å². The third kappa shape index (κ3) is 4.16. The summed E-state index contributed by atoms with van der Waals surface area (Å²) in [4.78, 5) is 24.9. The second-order valence-electron chi connectivity index (χ2n) is 4.56. The molecular weight excluding hydrogens is 347 g/mol. The molecule has 0 saturated heterocycles. The molecule has 1 aromatic heterocycles. The molecule has 0 atom stereocenters. The van der Waals surface area contributed by atoms with Gasteiger partial charge in [0.1, 0.15) is 4.88 Å². The molecule has 1 heterocycles. The lowest BCUT2D eigenvalue weighted by Crippen LogP contribution is -2.06. The summed E-state index contributed by atoms with van der Waals surface area (Å²) in [7, 11) is 0. The number of halogens is 3. The van der Waals surface area contributed by atoms with Crippen molar-refractivity contribution in [3.63, 3.8) is 0 Å². The third-order valence-corrected chi connectivity index (χ3v) is 3.70. The molecule has 0 aliphatic carbocycles. The first-order valence-corrected chi connectivity index (χ1v) is 7.27. The van der Waals surface area contributed by atoms with Crippen molar-refractivity contribution in [2.45, 2.75) is 13.1 Å². The van der Waals surface area contributed by atoms with E-state index in [2.05, 4.69) is 10.3 Å². The van der Waals surface area contributed by atoms with Gasteiger partial charge in [0.25, 0.3) is 0 Å². The normalized spacial score (nSPS) is 11.7. The smallest absolute Gasteiger partial charge is 0.358 e. The van der Waals surface area contributed by atoms with Gasteiger partial charge >= 0.3 is 17.1 Å². The maximum absolute atomic E-state index is 12.9. The Hall–Kier alpha value is -2.75. The van der Waals surface area contributed by atoms with Crippen molar-refractivity contribution in [3.8, 4) is 0 Å². The zero-order valence-electron chi connectivity index (χ0n) is 12.1. The highest BCUT2D eigenvalue weighted by molar-refractivity contribution is 7.17. The van der Waals surface area contributed by atoms with Crippen LogP contribution in [-0.4, -0.2) is 15.8 Å². The number of hydrogen-bond acceptors (Lipinski definition) is 5. The summed E-state index contributed by atoms with van der Waals surface area (Å²) in [6.07, 6.45) is -2.24. The van der Waals surface area contributed by atoms with Crippen LogP contribution < -0.4 is 5.32 Å². The van der Waals surface area contributed by atoms with Crippen LogP contribution in [0.4, 0.5) is 24.1 Å². The Kier molecular flexibility index (Phi) is 4.98. The zero-order chi connectivity index (χ0) is 17.9. The summed E-state index contributed by atoms with van der Waals surface area (Å²) in [5, 5.41) is 13.3. The van der Waals surface area contributed by atoms with Gasteiger partial charge in [0.15, 0.2) is 0 Å². The summed E-state index contributed by atoms with van der Waals surface area (Å²) in [5.41, 5.74) is -0.982. The Bertz CT molecular complexity index is 815. The Morgan fingerprint density at radius 2 is 2.00 bits per heavy atom. The van der Waals surface area contributed by atoms with E-state index in [0.717, 1.165) is 23.5 Å². The van der Waals surface area contributed by atoms with E-state index in [0.29, 0.717) is 0 Å². The van der Waals surface area contributed by atoms with Crippen molar-refractivity contribution in [2.75, 3.05) is 5.32 Å². The summed E-state index contributed by atoms with van der Waals surface area (Å²) < 4.78 is 38.8. The topological polar surface area (TPSA) is 85.1 Å². The number of carbonyl (C=O) groups is 1. The summed E-state index contributed by atoms with van der Waals surface area (Å²) in [6, 6.07) is 4.85. The molecule has 0 saturated carbocycles. The number of carbonyl (C=O) groups excluding carboxylic acids is 1. The van der Waals surface area contributed by atoms with Crippen molar-refractivity contribution in [1.29, 1.82) is 0 Å². The molecule has 24 heavy (non-hydrogen) atoms. The largest absolute Gasteiger partial charge is 0.416 e. The van der Waals surface area contributed by atoms with E-state index in [9.17, 15) is 28.1 Å². The van der Waals surface area contributed by atoms with E-state index >= 15 is 0 Å². The van der Waals surface area contributed by atoms with Gasteiger partial charge in [0.05, 0.1) is 5.56 Å². The molecule has 6 nitrogen and oxygen atoms in total. The first-order valence-electron chi connectivity index (χ1n) is 6.45. The zero-order valence-corrected chi connectivity index (χ0v) is 12.9. The molecule has 1 N–H and O–H groups in total. The average molecular weight is 357 g/mol. The van der Waals surface area contributed by atoms with Crippen LogP contribution in [0.2, 0.25) is 0 Å². The summed E-state index contributed by atoms with van der Waals surface area (Å²) >= 11 is 0.796. The quantitative estimate of drug-likeness (QED) is 0.656. The highest BCUT2D eigenvalue weighted by atomic mass is 32.1. The number of anilines is 1. The molecule has 0 aliphatic heterocycles. The van der Waals surface area contributed by atoms with Crippen molar-refractivity contribution in [3.05, 3.63) is 50.4 Å².